The third kappa shape index (κ3) is 2.96. The Morgan fingerprint density at radius 3 is 1.76 bits per heavy atom. The fourth-order valence-electron chi connectivity index (χ4n) is 1.52. The zero-order valence-corrected chi connectivity index (χ0v) is 10.8. The highest BCUT2D eigenvalue weighted by atomic mass is 19.4. The normalized spacial score (nSPS) is 13.2. The molecule has 0 fully saturated rings. The molecule has 2 nitrogen and oxygen atoms in total. The lowest BCUT2D eigenvalue weighted by atomic mass is 10.1. The van der Waals surface area contributed by atoms with Crippen molar-refractivity contribution in [2.45, 2.75) is 31.9 Å². The number of benzene rings is 1. The van der Waals surface area contributed by atoms with Crippen LogP contribution in [0.4, 0.5) is 36.4 Å². The van der Waals surface area contributed by atoms with Crippen molar-refractivity contribution in [1.29, 1.82) is 0 Å². The number of para-hydroxylation sites is 1. The van der Waals surface area contributed by atoms with E-state index < -0.39 is 23.9 Å². The van der Waals surface area contributed by atoms with E-state index in [2.05, 4.69) is 0 Å². The molecule has 1 amide bonds. The first kappa shape index (κ1) is 17.3. The molecule has 1 rings (SSSR count). The fourth-order valence-corrected chi connectivity index (χ4v) is 1.52. The van der Waals surface area contributed by atoms with Gasteiger partial charge in [-0.15, -0.1) is 0 Å². The summed E-state index contributed by atoms with van der Waals surface area (Å²) in [5, 5.41) is 1.43. The quantitative estimate of drug-likeness (QED) is 0.837. The summed E-state index contributed by atoms with van der Waals surface area (Å²) in [5.41, 5.74) is 0.254. The number of carbonyl (C=O) groups is 1. The van der Waals surface area contributed by atoms with Gasteiger partial charge >= 0.3 is 23.9 Å². The molecule has 1 N–H and O–H groups in total. The lowest BCUT2D eigenvalue weighted by molar-refractivity contribution is -0.343. The molecular weight excluding hydrogens is 307 g/mol. The average molecular weight is 317 g/mol. The molecule has 0 radical (unpaired) electrons. The van der Waals surface area contributed by atoms with Crippen LogP contribution in [0, 0.1) is 13.8 Å². The standard InChI is InChI=1S/C12H10F7NO/c1-6-4-3-5-7(2)8(6)20-9(21)10(13,14)11(15,16)12(17,18)19/h3-5H,1-2H3,(H,20,21). The molecule has 0 aliphatic rings. The summed E-state index contributed by atoms with van der Waals surface area (Å²) >= 11 is 0. The molecule has 118 valence electrons. The molecule has 1 aromatic carbocycles. The number of halogens is 7. The van der Waals surface area contributed by atoms with Gasteiger partial charge in [0.1, 0.15) is 0 Å². The van der Waals surface area contributed by atoms with E-state index in [9.17, 15) is 35.5 Å². The van der Waals surface area contributed by atoms with Crippen molar-refractivity contribution >= 4 is 11.6 Å². The Labute approximate surface area is 114 Å². The van der Waals surface area contributed by atoms with Crippen LogP contribution < -0.4 is 5.32 Å². The second-order valence-electron chi connectivity index (χ2n) is 4.37. The Bertz CT molecular complexity index is 531. The predicted molar refractivity (Wildman–Crippen MR) is 60.5 cm³/mol. The Morgan fingerprint density at radius 1 is 0.952 bits per heavy atom. The maximum absolute atomic E-state index is 13.2. The summed E-state index contributed by atoms with van der Waals surface area (Å²) in [6, 6.07) is 4.26. The van der Waals surface area contributed by atoms with Gasteiger partial charge in [0.05, 0.1) is 0 Å². The van der Waals surface area contributed by atoms with Crippen molar-refractivity contribution in [2.24, 2.45) is 0 Å². The summed E-state index contributed by atoms with van der Waals surface area (Å²) in [5.74, 6) is -15.1. The highest BCUT2D eigenvalue weighted by molar-refractivity contribution is 5.98. The fraction of sp³-hybridized carbons (Fsp3) is 0.417. The maximum atomic E-state index is 13.2. The van der Waals surface area contributed by atoms with Crippen LogP contribution in [0.5, 0.6) is 0 Å². The zero-order valence-electron chi connectivity index (χ0n) is 10.8. The summed E-state index contributed by atoms with van der Waals surface area (Å²) in [4.78, 5) is 11.2. The molecule has 0 aliphatic heterocycles. The second kappa shape index (κ2) is 5.19. The van der Waals surface area contributed by atoms with Crippen LogP contribution in [0.2, 0.25) is 0 Å². The number of carbonyl (C=O) groups excluding carboxylic acids is 1. The van der Waals surface area contributed by atoms with Crippen molar-refractivity contribution in [3.8, 4) is 0 Å². The Hall–Kier alpha value is -1.80. The average Bonchev–Trinajstić information content (AvgIpc) is 2.32. The van der Waals surface area contributed by atoms with Crippen LogP contribution in [-0.4, -0.2) is 23.9 Å². The summed E-state index contributed by atoms with van der Waals surface area (Å²) in [7, 11) is 0. The number of rotatable bonds is 3. The smallest absolute Gasteiger partial charge is 0.320 e. The van der Waals surface area contributed by atoms with Crippen LogP contribution in [-0.2, 0) is 4.79 Å². The first-order valence-corrected chi connectivity index (χ1v) is 5.52. The van der Waals surface area contributed by atoms with Gasteiger partial charge in [0, 0.05) is 5.69 Å². The van der Waals surface area contributed by atoms with Crippen LogP contribution >= 0.6 is 0 Å². The molecule has 0 saturated carbocycles. The monoisotopic (exact) mass is 317 g/mol. The van der Waals surface area contributed by atoms with Crippen molar-refractivity contribution in [2.75, 3.05) is 5.32 Å². The molecule has 0 bridgehead atoms. The molecule has 21 heavy (non-hydrogen) atoms. The molecule has 0 aliphatic carbocycles. The van der Waals surface area contributed by atoms with Gasteiger partial charge in [-0.25, -0.2) is 0 Å². The highest BCUT2D eigenvalue weighted by Crippen LogP contribution is 2.47. The summed E-state index contributed by atoms with van der Waals surface area (Å²) in [6.07, 6.45) is -6.55. The van der Waals surface area contributed by atoms with Crippen molar-refractivity contribution < 1.29 is 35.5 Å². The van der Waals surface area contributed by atoms with Gasteiger partial charge < -0.3 is 5.32 Å². The van der Waals surface area contributed by atoms with Gasteiger partial charge in [-0.2, -0.15) is 30.7 Å². The van der Waals surface area contributed by atoms with Gasteiger partial charge in [0.2, 0.25) is 0 Å². The van der Waals surface area contributed by atoms with E-state index in [1.807, 2.05) is 0 Å². The van der Waals surface area contributed by atoms with E-state index in [4.69, 9.17) is 0 Å². The number of amides is 1. The topological polar surface area (TPSA) is 29.1 Å². The SMILES string of the molecule is Cc1cccc(C)c1NC(=O)C(F)(F)C(F)(F)C(F)(F)F. The van der Waals surface area contributed by atoms with E-state index in [0.717, 1.165) is 0 Å². The van der Waals surface area contributed by atoms with Crippen molar-refractivity contribution in [1.82, 2.24) is 0 Å². The first-order chi connectivity index (χ1) is 9.32. The first-order valence-electron chi connectivity index (χ1n) is 5.52. The highest BCUT2D eigenvalue weighted by Gasteiger charge is 2.76. The minimum Gasteiger partial charge on any atom is -0.320 e. The summed E-state index contributed by atoms with van der Waals surface area (Å²) in [6.45, 7) is 2.76. The molecule has 0 aromatic heterocycles. The molecule has 1 aromatic rings. The van der Waals surface area contributed by atoms with E-state index in [0.29, 0.717) is 0 Å². The third-order valence-corrected chi connectivity index (χ3v) is 2.76. The molecule has 9 heteroatoms. The van der Waals surface area contributed by atoms with Gasteiger partial charge in [0.15, 0.2) is 0 Å². The largest absolute Gasteiger partial charge is 0.460 e. The molecule has 0 spiro atoms. The Morgan fingerprint density at radius 2 is 1.38 bits per heavy atom. The van der Waals surface area contributed by atoms with E-state index >= 15 is 0 Å². The maximum Gasteiger partial charge on any atom is 0.460 e. The number of hydrogen-bond donors (Lipinski definition) is 1. The minimum absolute atomic E-state index is 0.236. The van der Waals surface area contributed by atoms with Gasteiger partial charge in [-0.05, 0) is 25.0 Å². The van der Waals surface area contributed by atoms with E-state index in [1.54, 1.807) is 0 Å². The van der Waals surface area contributed by atoms with Crippen molar-refractivity contribution in [3.05, 3.63) is 29.3 Å². The number of hydrogen-bond acceptors (Lipinski definition) is 1. The predicted octanol–water partition coefficient (Wildman–Crippen LogP) is 4.07. The molecule has 0 heterocycles. The number of nitrogens with one attached hydrogen (secondary N) is 1. The second-order valence-corrected chi connectivity index (χ2v) is 4.37. The Balaban J connectivity index is 3.14. The zero-order chi connectivity index (χ0) is 16.6. The van der Waals surface area contributed by atoms with Gasteiger partial charge in [0.25, 0.3) is 0 Å². The summed E-state index contributed by atoms with van der Waals surface area (Å²) < 4.78 is 87.7. The van der Waals surface area contributed by atoms with Gasteiger partial charge in [-0.3, -0.25) is 4.79 Å². The van der Waals surface area contributed by atoms with Crippen LogP contribution in [0.25, 0.3) is 0 Å². The molecule has 0 atom stereocenters. The number of aryl methyl sites for hydroxylation is 2. The minimum atomic E-state index is -6.55. The molecule has 0 saturated heterocycles. The van der Waals surface area contributed by atoms with Crippen molar-refractivity contribution in [3.63, 3.8) is 0 Å². The molecule has 0 unspecified atom stereocenters. The number of anilines is 1. The van der Waals surface area contributed by atoms with E-state index in [-0.39, 0.29) is 16.8 Å². The lowest BCUT2D eigenvalue weighted by Gasteiger charge is -2.27. The number of alkyl halides is 7. The van der Waals surface area contributed by atoms with Gasteiger partial charge in [-0.1, -0.05) is 18.2 Å². The lowest BCUT2D eigenvalue weighted by Crippen LogP contribution is -2.57. The molecular formula is C12H10F7NO. The van der Waals surface area contributed by atoms with Crippen LogP contribution in [0.3, 0.4) is 0 Å². The van der Waals surface area contributed by atoms with Crippen LogP contribution in [0.15, 0.2) is 18.2 Å². The van der Waals surface area contributed by atoms with E-state index in [1.165, 1.54) is 37.4 Å². The third-order valence-electron chi connectivity index (χ3n) is 2.76. The van der Waals surface area contributed by atoms with Crippen LogP contribution in [0.1, 0.15) is 11.1 Å². The Kier molecular flexibility index (Phi) is 4.27.